The second-order valence-corrected chi connectivity index (χ2v) is 9.15. The van der Waals surface area contributed by atoms with Gasteiger partial charge >= 0.3 is 30.0 Å². The van der Waals surface area contributed by atoms with Crippen LogP contribution >= 0.6 is 24.3 Å². The van der Waals surface area contributed by atoms with Gasteiger partial charge in [-0.25, -0.2) is 18.5 Å². The molecule has 18 heteroatoms. The third-order valence-electron chi connectivity index (χ3n) is 3.48. The lowest BCUT2D eigenvalue weighted by molar-refractivity contribution is -0.0236. The molecule has 15 nitrogen and oxygen atoms in total. The minimum atomic E-state index is -5.06. The smallest absolute Gasteiger partial charge is 0.387 e. The third-order valence-corrected chi connectivity index (χ3v) is 7.11. The summed E-state index contributed by atoms with van der Waals surface area (Å²) in [4.78, 5) is 36.1. The van der Waals surface area contributed by atoms with E-state index in [-0.39, 0.29) is 5.56 Å². The highest BCUT2D eigenvalue weighted by Gasteiger charge is 2.46. The quantitative estimate of drug-likeness (QED) is 0.287. The summed E-state index contributed by atoms with van der Waals surface area (Å²) in [5.41, 5.74) is -1.88. The van der Waals surface area contributed by atoms with Gasteiger partial charge in [-0.2, -0.15) is 8.62 Å². The summed E-state index contributed by atoms with van der Waals surface area (Å²) in [5.74, 6) is 0. The van der Waals surface area contributed by atoms with Crippen molar-refractivity contribution < 1.29 is 51.2 Å². The molecule has 1 aliphatic rings. The van der Waals surface area contributed by atoms with Crippen molar-refractivity contribution >= 4 is 24.3 Å². The van der Waals surface area contributed by atoms with Gasteiger partial charge in [0.15, 0.2) is 0 Å². The average molecular weight is 464 g/mol. The second kappa shape index (κ2) is 9.16. The third kappa shape index (κ3) is 5.50. The van der Waals surface area contributed by atoms with Crippen molar-refractivity contribution in [1.82, 2.24) is 9.97 Å². The first-order valence-corrected chi connectivity index (χ1v) is 10.9. The zero-order valence-electron chi connectivity index (χ0n) is 13.9. The van der Waals surface area contributed by atoms with E-state index < -0.39 is 66.6 Å². The molecule has 1 aliphatic heterocycles. The Morgan fingerprint density at radius 1 is 1.29 bits per heavy atom. The first kappa shape index (κ1) is 23.2. The first-order chi connectivity index (χ1) is 13.0. The van der Waals surface area contributed by atoms with E-state index in [0.29, 0.717) is 0 Å². The Kier molecular flexibility index (Phi) is 7.59. The molecule has 158 valence electrons. The summed E-state index contributed by atoms with van der Waals surface area (Å²) in [5, 5.41) is 20.1. The van der Waals surface area contributed by atoms with Crippen LogP contribution in [0.5, 0.6) is 0 Å². The summed E-state index contributed by atoms with van der Waals surface area (Å²) in [7, 11) is -10.2. The molecule has 0 amide bonds. The van der Waals surface area contributed by atoms with Crippen LogP contribution in [0.25, 0.3) is 0 Å². The molecule has 0 bridgehead atoms. The SMILES string of the molecule is COP(=O)(OC[C@H]1O[C@@H](c2c[nH]c(=O)[nH]c2=O)C(O)C1O)OP(=O)(O)OP=O. The van der Waals surface area contributed by atoms with Gasteiger partial charge in [0.1, 0.15) is 24.4 Å². The summed E-state index contributed by atoms with van der Waals surface area (Å²) >= 11 is 0. The van der Waals surface area contributed by atoms with Crippen molar-refractivity contribution in [3.05, 3.63) is 32.6 Å². The molecular formula is C10H15N2O13P3. The van der Waals surface area contributed by atoms with Gasteiger partial charge in [0.05, 0.1) is 12.2 Å². The van der Waals surface area contributed by atoms with Crippen molar-refractivity contribution in [2.24, 2.45) is 0 Å². The van der Waals surface area contributed by atoms with Crippen LogP contribution in [0.3, 0.4) is 0 Å². The van der Waals surface area contributed by atoms with Crippen LogP contribution in [0.1, 0.15) is 11.7 Å². The number of hydrogen-bond acceptors (Lipinski definition) is 12. The fourth-order valence-electron chi connectivity index (χ4n) is 2.23. The van der Waals surface area contributed by atoms with E-state index in [1.807, 2.05) is 4.98 Å². The number of phosphoric acid groups is 2. The maximum atomic E-state index is 12.2. The van der Waals surface area contributed by atoms with Crippen LogP contribution in [-0.4, -0.2) is 57.1 Å². The molecule has 4 unspecified atom stereocenters. The van der Waals surface area contributed by atoms with Crippen LogP contribution in [0, 0.1) is 0 Å². The number of hydrogen-bond donors (Lipinski definition) is 5. The van der Waals surface area contributed by atoms with Crippen LogP contribution in [-0.2, 0) is 36.1 Å². The van der Waals surface area contributed by atoms with Gasteiger partial charge in [0, 0.05) is 13.3 Å². The Labute approximate surface area is 157 Å². The van der Waals surface area contributed by atoms with Crippen molar-refractivity contribution in [3.63, 3.8) is 0 Å². The number of aromatic nitrogens is 2. The van der Waals surface area contributed by atoms with E-state index >= 15 is 0 Å². The first-order valence-electron chi connectivity index (χ1n) is 7.21. The highest BCUT2D eigenvalue weighted by Crippen LogP contribution is 2.64. The summed E-state index contributed by atoms with van der Waals surface area (Å²) < 4.78 is 56.2. The van der Waals surface area contributed by atoms with Crippen molar-refractivity contribution in [1.29, 1.82) is 0 Å². The Balaban J connectivity index is 2.11. The number of ether oxygens (including phenoxy) is 1. The maximum Gasteiger partial charge on any atom is 0.491 e. The zero-order chi connectivity index (χ0) is 21.1. The number of H-pyrrole nitrogens is 2. The van der Waals surface area contributed by atoms with E-state index in [2.05, 4.69) is 18.1 Å². The van der Waals surface area contributed by atoms with E-state index in [0.717, 1.165) is 13.3 Å². The van der Waals surface area contributed by atoms with Gasteiger partial charge in [-0.3, -0.25) is 18.8 Å². The molecule has 6 atom stereocenters. The fourth-order valence-corrected chi connectivity index (χ4v) is 4.86. The van der Waals surface area contributed by atoms with Crippen molar-refractivity contribution in [2.45, 2.75) is 24.4 Å². The minimum absolute atomic E-state index is 0.206. The number of phosphoric ester groups is 1. The van der Waals surface area contributed by atoms with Crippen LogP contribution < -0.4 is 11.2 Å². The normalized spacial score (nSPS) is 29.4. The second-order valence-electron chi connectivity index (χ2n) is 5.24. The standard InChI is InChI=1S/C10H15N2O13P3/c1-21-28(20,25-27(18,19)24-26-17)22-3-5-6(13)7(14)8(23-5)4-2-11-10(16)12-9(4)15/h2,5-8,13-14H,3H2,1H3,(H,18,19)(H2,11,12,15,16)/t5-,6?,7?,8+,28?/m1/s1. The van der Waals surface area contributed by atoms with E-state index in [1.165, 1.54) is 0 Å². The molecule has 1 fully saturated rings. The van der Waals surface area contributed by atoms with Gasteiger partial charge in [0.25, 0.3) is 5.56 Å². The maximum absolute atomic E-state index is 12.2. The van der Waals surface area contributed by atoms with Gasteiger partial charge < -0.3 is 24.8 Å². The topological polar surface area (TPSA) is 224 Å². The van der Waals surface area contributed by atoms with Crippen LogP contribution in [0.2, 0.25) is 0 Å². The lowest BCUT2D eigenvalue weighted by Gasteiger charge is -2.20. The molecule has 5 N–H and O–H groups in total. The number of aliphatic hydroxyl groups is 2. The Morgan fingerprint density at radius 3 is 2.54 bits per heavy atom. The minimum Gasteiger partial charge on any atom is -0.387 e. The van der Waals surface area contributed by atoms with Gasteiger partial charge in [-0.15, -0.1) is 0 Å². The molecule has 0 aliphatic carbocycles. The highest BCUT2D eigenvalue weighted by molar-refractivity contribution is 7.63. The van der Waals surface area contributed by atoms with E-state index in [4.69, 9.17) is 9.26 Å². The molecule has 28 heavy (non-hydrogen) atoms. The van der Waals surface area contributed by atoms with E-state index in [9.17, 15) is 38.4 Å². The average Bonchev–Trinajstić information content (AvgIpc) is 2.88. The highest BCUT2D eigenvalue weighted by atomic mass is 31.3. The number of nitrogens with one attached hydrogen (secondary N) is 2. The van der Waals surface area contributed by atoms with Crippen molar-refractivity contribution in [2.75, 3.05) is 13.7 Å². The summed E-state index contributed by atoms with van der Waals surface area (Å²) in [6.45, 7) is -0.782. The van der Waals surface area contributed by atoms with Gasteiger partial charge in [-0.05, 0) is 0 Å². The van der Waals surface area contributed by atoms with Gasteiger partial charge in [-0.1, -0.05) is 0 Å². The summed E-state index contributed by atoms with van der Waals surface area (Å²) in [6.07, 6.45) is -5.04. The molecule has 0 aromatic carbocycles. The monoisotopic (exact) mass is 464 g/mol. The Hall–Kier alpha value is -1.08. The molecule has 1 aromatic rings. The number of rotatable bonds is 9. The molecule has 2 rings (SSSR count). The molecule has 0 radical (unpaired) electrons. The lowest BCUT2D eigenvalue weighted by atomic mass is 10.0. The predicted octanol–water partition coefficient (Wildman–Crippen LogP) is -0.664. The molecule has 0 spiro atoms. The predicted molar refractivity (Wildman–Crippen MR) is 87.5 cm³/mol. The molecule has 0 saturated carbocycles. The van der Waals surface area contributed by atoms with E-state index in [1.54, 1.807) is 0 Å². The van der Waals surface area contributed by atoms with Gasteiger partial charge in [0.2, 0.25) is 0 Å². The lowest BCUT2D eigenvalue weighted by Crippen LogP contribution is -2.34. The molecular weight excluding hydrogens is 449 g/mol. The molecule has 1 saturated heterocycles. The largest absolute Gasteiger partial charge is 0.491 e. The van der Waals surface area contributed by atoms with Crippen LogP contribution in [0.4, 0.5) is 0 Å². The zero-order valence-corrected chi connectivity index (χ0v) is 16.5. The number of aromatic amines is 2. The Morgan fingerprint density at radius 2 is 1.96 bits per heavy atom. The van der Waals surface area contributed by atoms with Crippen LogP contribution in [0.15, 0.2) is 15.8 Å². The molecule has 2 heterocycles. The van der Waals surface area contributed by atoms with Crippen molar-refractivity contribution in [3.8, 4) is 0 Å². The number of aliphatic hydroxyl groups excluding tert-OH is 2. The fraction of sp³-hybridized carbons (Fsp3) is 0.600. The Bertz CT molecular complexity index is 914. The molecule has 1 aromatic heterocycles. The summed E-state index contributed by atoms with van der Waals surface area (Å²) in [6, 6.07) is 0.